The third kappa shape index (κ3) is 2.19. The summed E-state index contributed by atoms with van der Waals surface area (Å²) in [5.74, 6) is 1.67. The monoisotopic (exact) mass is 331 g/mol. The van der Waals surface area contributed by atoms with Crippen molar-refractivity contribution < 1.29 is 19.3 Å². The van der Waals surface area contributed by atoms with E-state index in [0.29, 0.717) is 13.0 Å². The first-order valence-electron chi connectivity index (χ1n) is 8.70. The zero-order chi connectivity index (χ0) is 16.9. The van der Waals surface area contributed by atoms with Crippen LogP contribution in [0.3, 0.4) is 0 Å². The number of ether oxygens (including phenoxy) is 3. The van der Waals surface area contributed by atoms with E-state index in [9.17, 15) is 5.11 Å². The molecule has 3 N–H and O–H groups in total. The van der Waals surface area contributed by atoms with Gasteiger partial charge >= 0.3 is 0 Å². The number of rotatable bonds is 3. The van der Waals surface area contributed by atoms with Crippen LogP contribution in [-0.2, 0) is 16.6 Å². The van der Waals surface area contributed by atoms with Crippen molar-refractivity contribution in [3.8, 4) is 11.5 Å². The quantitative estimate of drug-likeness (QED) is 0.828. The molecule has 24 heavy (non-hydrogen) atoms. The molecular formula is C19H25NO4. The molecule has 0 fully saturated rings. The van der Waals surface area contributed by atoms with Gasteiger partial charge in [0, 0.05) is 30.0 Å². The second-order valence-electron chi connectivity index (χ2n) is 7.01. The number of aliphatic hydroxyl groups is 1. The highest BCUT2D eigenvalue weighted by Gasteiger charge is 2.54. The molecule has 1 spiro atoms. The van der Waals surface area contributed by atoms with Crippen LogP contribution >= 0.6 is 0 Å². The molecule has 0 amide bonds. The first-order chi connectivity index (χ1) is 11.6. The van der Waals surface area contributed by atoms with Crippen LogP contribution in [0.4, 0.5) is 0 Å². The Balaban J connectivity index is 1.94. The van der Waals surface area contributed by atoms with E-state index in [1.54, 1.807) is 7.11 Å². The SMILES string of the molecule is CCOC1CC23C=CC(O)CC2C(N)Cc2ccc(OC)c(c23)O1. The van der Waals surface area contributed by atoms with Crippen LogP contribution in [0.5, 0.6) is 11.5 Å². The van der Waals surface area contributed by atoms with E-state index < -0.39 is 6.10 Å². The van der Waals surface area contributed by atoms with Crippen molar-refractivity contribution in [3.63, 3.8) is 0 Å². The predicted molar refractivity (Wildman–Crippen MR) is 90.3 cm³/mol. The molecule has 2 aliphatic carbocycles. The Kier molecular flexibility index (Phi) is 3.82. The van der Waals surface area contributed by atoms with Crippen LogP contribution in [-0.4, -0.2) is 37.3 Å². The van der Waals surface area contributed by atoms with Crippen LogP contribution in [0, 0.1) is 5.92 Å². The molecule has 1 aliphatic heterocycles. The molecule has 4 rings (SSSR count). The van der Waals surface area contributed by atoms with Crippen LogP contribution in [0.2, 0.25) is 0 Å². The molecule has 3 aliphatic rings. The van der Waals surface area contributed by atoms with Gasteiger partial charge in [0.15, 0.2) is 11.5 Å². The smallest absolute Gasteiger partial charge is 0.201 e. The first-order valence-corrected chi connectivity index (χ1v) is 8.70. The zero-order valence-electron chi connectivity index (χ0n) is 14.2. The Bertz CT molecular complexity index is 674. The number of nitrogens with two attached hydrogens (primary N) is 1. The molecule has 0 saturated heterocycles. The molecule has 1 aromatic rings. The molecule has 5 unspecified atom stereocenters. The maximum atomic E-state index is 10.2. The molecule has 130 valence electrons. The van der Waals surface area contributed by atoms with E-state index in [4.69, 9.17) is 19.9 Å². The molecule has 0 aromatic heterocycles. The minimum atomic E-state index is -0.435. The van der Waals surface area contributed by atoms with Crippen LogP contribution in [0.25, 0.3) is 0 Å². The van der Waals surface area contributed by atoms with Crippen molar-refractivity contribution in [2.45, 2.75) is 50.0 Å². The van der Waals surface area contributed by atoms with Gasteiger partial charge in [-0.25, -0.2) is 0 Å². The van der Waals surface area contributed by atoms with Crippen molar-refractivity contribution in [1.29, 1.82) is 0 Å². The number of hydrogen-bond donors (Lipinski definition) is 2. The average molecular weight is 331 g/mol. The van der Waals surface area contributed by atoms with Gasteiger partial charge in [-0.1, -0.05) is 18.2 Å². The number of aliphatic hydroxyl groups excluding tert-OH is 1. The Morgan fingerprint density at radius 1 is 1.42 bits per heavy atom. The lowest BCUT2D eigenvalue weighted by molar-refractivity contribution is -0.110. The van der Waals surface area contributed by atoms with Crippen LogP contribution < -0.4 is 15.2 Å². The topological polar surface area (TPSA) is 73.9 Å². The lowest BCUT2D eigenvalue weighted by Crippen LogP contribution is -2.56. The van der Waals surface area contributed by atoms with Gasteiger partial charge in [-0.3, -0.25) is 0 Å². The molecule has 1 heterocycles. The second-order valence-corrected chi connectivity index (χ2v) is 7.01. The van der Waals surface area contributed by atoms with E-state index >= 15 is 0 Å². The zero-order valence-corrected chi connectivity index (χ0v) is 14.2. The third-order valence-electron chi connectivity index (χ3n) is 5.74. The Morgan fingerprint density at radius 2 is 2.25 bits per heavy atom. The van der Waals surface area contributed by atoms with Crippen molar-refractivity contribution in [3.05, 3.63) is 35.4 Å². The fraction of sp³-hybridized carbons (Fsp3) is 0.579. The van der Waals surface area contributed by atoms with Gasteiger partial charge in [-0.05, 0) is 37.3 Å². The first kappa shape index (κ1) is 15.9. The molecular weight excluding hydrogens is 306 g/mol. The average Bonchev–Trinajstić information content (AvgIpc) is 2.57. The van der Waals surface area contributed by atoms with E-state index in [2.05, 4.69) is 12.1 Å². The summed E-state index contributed by atoms with van der Waals surface area (Å²) in [6, 6.07) is 4.06. The van der Waals surface area contributed by atoms with E-state index in [0.717, 1.165) is 24.3 Å². The maximum Gasteiger partial charge on any atom is 0.201 e. The lowest BCUT2D eigenvalue weighted by atomic mass is 9.55. The summed E-state index contributed by atoms with van der Waals surface area (Å²) in [4.78, 5) is 0. The van der Waals surface area contributed by atoms with Gasteiger partial charge < -0.3 is 25.1 Å². The molecule has 0 bridgehead atoms. The minimum absolute atomic E-state index is 0.0127. The highest BCUT2D eigenvalue weighted by Crippen LogP contribution is 2.57. The summed E-state index contributed by atoms with van der Waals surface area (Å²) >= 11 is 0. The molecule has 0 radical (unpaired) electrons. The summed E-state index contributed by atoms with van der Waals surface area (Å²) in [6.07, 6.45) is 5.45. The molecule has 5 nitrogen and oxygen atoms in total. The second kappa shape index (κ2) is 5.76. The van der Waals surface area contributed by atoms with Gasteiger partial charge in [0.2, 0.25) is 6.29 Å². The Hall–Kier alpha value is -1.56. The maximum absolute atomic E-state index is 10.2. The van der Waals surface area contributed by atoms with Gasteiger partial charge in [0.1, 0.15) is 0 Å². The lowest BCUT2D eigenvalue weighted by Gasteiger charge is -2.53. The predicted octanol–water partition coefficient (Wildman–Crippen LogP) is 1.90. The number of hydrogen-bond acceptors (Lipinski definition) is 5. The Labute approximate surface area is 142 Å². The molecule has 5 atom stereocenters. The summed E-state index contributed by atoms with van der Waals surface area (Å²) in [5, 5.41) is 10.2. The van der Waals surface area contributed by atoms with E-state index in [1.807, 2.05) is 19.1 Å². The van der Waals surface area contributed by atoms with E-state index in [-0.39, 0.29) is 23.7 Å². The van der Waals surface area contributed by atoms with Crippen LogP contribution in [0.15, 0.2) is 24.3 Å². The molecule has 5 heteroatoms. The normalized spacial score (nSPS) is 36.5. The van der Waals surface area contributed by atoms with Crippen molar-refractivity contribution in [2.24, 2.45) is 11.7 Å². The number of benzene rings is 1. The van der Waals surface area contributed by atoms with E-state index in [1.165, 1.54) is 11.1 Å². The van der Waals surface area contributed by atoms with Crippen molar-refractivity contribution >= 4 is 0 Å². The Morgan fingerprint density at radius 3 is 3.00 bits per heavy atom. The summed E-state index contributed by atoms with van der Waals surface area (Å²) in [7, 11) is 1.66. The van der Waals surface area contributed by atoms with Crippen molar-refractivity contribution in [2.75, 3.05) is 13.7 Å². The summed E-state index contributed by atoms with van der Waals surface area (Å²) < 4.78 is 17.5. The number of allylic oxidation sites excluding steroid dienone is 1. The van der Waals surface area contributed by atoms with Gasteiger partial charge in [-0.2, -0.15) is 0 Å². The van der Waals surface area contributed by atoms with Gasteiger partial charge in [0.05, 0.1) is 13.2 Å². The molecule has 0 saturated carbocycles. The summed E-state index contributed by atoms with van der Waals surface area (Å²) in [5.41, 5.74) is 8.66. The fourth-order valence-corrected chi connectivity index (χ4v) is 4.79. The number of methoxy groups -OCH3 is 1. The largest absolute Gasteiger partial charge is 0.493 e. The highest BCUT2D eigenvalue weighted by atomic mass is 16.7. The standard InChI is InChI=1S/C19H25NO4/c1-3-23-16-10-19-7-6-12(21)9-13(19)14(20)8-11-4-5-15(22-2)18(24-16)17(11)19/h4-7,12-14,16,21H,3,8-10,20H2,1-2H3. The third-order valence-corrected chi connectivity index (χ3v) is 5.74. The van der Waals surface area contributed by atoms with Crippen LogP contribution in [0.1, 0.15) is 30.9 Å². The highest BCUT2D eigenvalue weighted by molar-refractivity contribution is 5.60. The minimum Gasteiger partial charge on any atom is -0.493 e. The molecule has 1 aromatic carbocycles. The van der Waals surface area contributed by atoms with Crippen molar-refractivity contribution in [1.82, 2.24) is 0 Å². The van der Waals surface area contributed by atoms with Gasteiger partial charge in [0.25, 0.3) is 0 Å². The fourth-order valence-electron chi connectivity index (χ4n) is 4.79. The van der Waals surface area contributed by atoms with Gasteiger partial charge in [-0.15, -0.1) is 0 Å². The summed E-state index contributed by atoms with van der Waals surface area (Å²) in [6.45, 7) is 2.55.